The lowest BCUT2D eigenvalue weighted by Gasteiger charge is -2.26. The second-order valence-electron chi connectivity index (χ2n) is 6.54. The van der Waals surface area contributed by atoms with Crippen LogP contribution in [0.15, 0.2) is 11.3 Å². The van der Waals surface area contributed by atoms with E-state index in [-0.39, 0.29) is 0 Å². The number of morpholine rings is 1. The van der Waals surface area contributed by atoms with Crippen LogP contribution < -0.4 is 10.6 Å². The summed E-state index contributed by atoms with van der Waals surface area (Å²) in [4.78, 5) is 7.14. The molecule has 8 heteroatoms. The van der Waals surface area contributed by atoms with Crippen molar-refractivity contribution >= 4 is 5.96 Å². The van der Waals surface area contributed by atoms with Crippen LogP contribution in [0.4, 0.5) is 0 Å². The van der Waals surface area contributed by atoms with E-state index in [0.29, 0.717) is 0 Å². The Hall–Kier alpha value is -1.67. The first-order valence-corrected chi connectivity index (χ1v) is 10.0. The van der Waals surface area contributed by atoms with E-state index in [4.69, 9.17) is 9.73 Å². The van der Waals surface area contributed by atoms with Gasteiger partial charge in [0.1, 0.15) is 12.2 Å². The highest BCUT2D eigenvalue weighted by Gasteiger charge is 2.09. The molecule has 8 nitrogen and oxygen atoms in total. The summed E-state index contributed by atoms with van der Waals surface area (Å²) >= 11 is 0. The minimum absolute atomic E-state index is 0.808. The van der Waals surface area contributed by atoms with E-state index in [2.05, 4.69) is 44.1 Å². The zero-order valence-electron chi connectivity index (χ0n) is 16.4. The van der Waals surface area contributed by atoms with Crippen LogP contribution in [0.3, 0.4) is 0 Å². The molecular formula is C18H35N7O. The van der Waals surface area contributed by atoms with Crippen molar-refractivity contribution in [2.75, 3.05) is 52.5 Å². The van der Waals surface area contributed by atoms with Crippen molar-refractivity contribution in [1.82, 2.24) is 30.3 Å². The monoisotopic (exact) mass is 365 g/mol. The van der Waals surface area contributed by atoms with Crippen LogP contribution in [0.2, 0.25) is 0 Å². The summed E-state index contributed by atoms with van der Waals surface area (Å²) in [6, 6.07) is 0. The van der Waals surface area contributed by atoms with Crippen molar-refractivity contribution in [3.8, 4) is 0 Å². The number of nitrogens with zero attached hydrogens (tertiary/aromatic N) is 5. The summed E-state index contributed by atoms with van der Waals surface area (Å²) < 4.78 is 7.49. The van der Waals surface area contributed by atoms with Crippen LogP contribution in [-0.4, -0.2) is 78.1 Å². The minimum atomic E-state index is 0.808. The van der Waals surface area contributed by atoms with Crippen molar-refractivity contribution in [3.63, 3.8) is 0 Å². The first-order valence-electron chi connectivity index (χ1n) is 10.0. The second kappa shape index (κ2) is 12.6. The van der Waals surface area contributed by atoms with E-state index < -0.39 is 0 Å². The van der Waals surface area contributed by atoms with E-state index >= 15 is 0 Å². The zero-order chi connectivity index (χ0) is 18.5. The molecule has 26 heavy (non-hydrogen) atoms. The summed E-state index contributed by atoms with van der Waals surface area (Å²) in [6.07, 6.45) is 6.28. The molecule has 0 unspecified atom stereocenters. The molecule has 1 aliphatic heterocycles. The highest BCUT2D eigenvalue weighted by molar-refractivity contribution is 5.79. The van der Waals surface area contributed by atoms with Gasteiger partial charge >= 0.3 is 0 Å². The Labute approximate surface area is 157 Å². The van der Waals surface area contributed by atoms with Crippen molar-refractivity contribution in [2.45, 2.75) is 46.1 Å². The lowest BCUT2D eigenvalue weighted by molar-refractivity contribution is 0.0389. The highest BCUT2D eigenvalue weighted by atomic mass is 16.5. The van der Waals surface area contributed by atoms with Crippen LogP contribution in [-0.2, 0) is 17.7 Å². The van der Waals surface area contributed by atoms with Gasteiger partial charge in [-0.1, -0.05) is 26.7 Å². The molecule has 0 atom stereocenters. The molecule has 0 spiro atoms. The number of aliphatic imine (C=N–C) groups is 1. The van der Waals surface area contributed by atoms with Crippen molar-refractivity contribution < 1.29 is 4.74 Å². The normalized spacial score (nSPS) is 16.0. The van der Waals surface area contributed by atoms with Gasteiger partial charge in [0.25, 0.3) is 0 Å². The first-order chi connectivity index (χ1) is 12.8. The number of nitrogens with one attached hydrogen (secondary N) is 2. The lowest BCUT2D eigenvalue weighted by atomic mass is 10.2. The van der Waals surface area contributed by atoms with Crippen molar-refractivity contribution in [1.29, 1.82) is 0 Å². The topological polar surface area (TPSA) is 79.6 Å². The van der Waals surface area contributed by atoms with Gasteiger partial charge in [-0.2, -0.15) is 0 Å². The van der Waals surface area contributed by atoms with Gasteiger partial charge < -0.3 is 19.9 Å². The number of hydrogen-bond acceptors (Lipinski definition) is 5. The molecule has 0 bridgehead atoms. The fourth-order valence-corrected chi connectivity index (χ4v) is 2.92. The maximum absolute atomic E-state index is 5.40. The largest absolute Gasteiger partial charge is 0.379 e. The number of hydrogen-bond donors (Lipinski definition) is 2. The number of unbranched alkanes of at least 4 members (excludes halogenated alkanes) is 2. The molecule has 2 heterocycles. The Bertz CT molecular complexity index is 511. The van der Waals surface area contributed by atoms with Crippen LogP contribution in [0.1, 0.15) is 38.9 Å². The van der Waals surface area contributed by atoms with Gasteiger partial charge in [-0.3, -0.25) is 9.89 Å². The second-order valence-corrected chi connectivity index (χ2v) is 6.54. The number of rotatable bonds is 11. The molecule has 148 valence electrons. The zero-order valence-corrected chi connectivity index (χ0v) is 16.4. The quantitative estimate of drug-likeness (QED) is 0.345. The Morgan fingerprint density at radius 3 is 2.65 bits per heavy atom. The summed E-state index contributed by atoms with van der Waals surface area (Å²) in [5, 5.41) is 15.0. The number of aromatic nitrogens is 3. The molecule has 0 radical (unpaired) electrons. The molecule has 1 saturated heterocycles. The Balaban J connectivity index is 1.74. The van der Waals surface area contributed by atoms with E-state index in [1.165, 1.54) is 12.8 Å². The minimum Gasteiger partial charge on any atom is -0.379 e. The molecule has 1 aromatic heterocycles. The molecule has 0 saturated carbocycles. The van der Waals surface area contributed by atoms with Gasteiger partial charge in [0, 0.05) is 52.2 Å². The molecule has 1 fully saturated rings. The van der Waals surface area contributed by atoms with Crippen LogP contribution in [0, 0.1) is 0 Å². The summed E-state index contributed by atoms with van der Waals surface area (Å²) in [5.41, 5.74) is 0. The van der Waals surface area contributed by atoms with Crippen LogP contribution in [0.25, 0.3) is 0 Å². The molecule has 1 aromatic rings. The average molecular weight is 366 g/mol. The Morgan fingerprint density at radius 1 is 1.15 bits per heavy atom. The van der Waals surface area contributed by atoms with E-state index in [9.17, 15) is 0 Å². The molecule has 0 aliphatic carbocycles. The van der Waals surface area contributed by atoms with Gasteiger partial charge in [-0.25, -0.2) is 0 Å². The average Bonchev–Trinajstić information content (AvgIpc) is 3.13. The van der Waals surface area contributed by atoms with E-state index in [1.807, 2.05) is 0 Å². The maximum Gasteiger partial charge on any atom is 0.191 e. The maximum atomic E-state index is 5.40. The molecule has 0 amide bonds. The molecular weight excluding hydrogens is 330 g/mol. The van der Waals surface area contributed by atoms with Gasteiger partial charge in [0.05, 0.1) is 13.2 Å². The fraction of sp³-hybridized carbons (Fsp3) is 0.833. The standard InChI is InChI=1S/C18H35N7O/c1-3-5-6-7-19-18(20-8-10-24-12-14-26-15-13-24)21-9-11-25-16-22-23-17(25)4-2/h16H,3-15H2,1-2H3,(H2,19,20,21). The van der Waals surface area contributed by atoms with E-state index in [1.54, 1.807) is 6.33 Å². The Kier molecular flexibility index (Phi) is 10.0. The molecule has 1 aliphatic rings. The number of aryl methyl sites for hydroxylation is 1. The van der Waals surface area contributed by atoms with Crippen LogP contribution >= 0.6 is 0 Å². The molecule has 2 rings (SSSR count). The van der Waals surface area contributed by atoms with Gasteiger partial charge in [0.15, 0.2) is 5.96 Å². The first kappa shape index (κ1) is 20.6. The lowest BCUT2D eigenvalue weighted by Crippen LogP contribution is -2.45. The predicted octanol–water partition coefficient (Wildman–Crippen LogP) is 0.898. The summed E-state index contributed by atoms with van der Waals surface area (Å²) in [7, 11) is 0. The number of guanidine groups is 1. The summed E-state index contributed by atoms with van der Waals surface area (Å²) in [6.45, 7) is 12.5. The molecule has 0 aromatic carbocycles. The fourth-order valence-electron chi connectivity index (χ4n) is 2.92. The van der Waals surface area contributed by atoms with Crippen molar-refractivity contribution in [2.24, 2.45) is 4.99 Å². The third-order valence-electron chi connectivity index (χ3n) is 4.51. The smallest absolute Gasteiger partial charge is 0.191 e. The molecule has 2 N–H and O–H groups in total. The van der Waals surface area contributed by atoms with Gasteiger partial charge in [-0.15, -0.1) is 10.2 Å². The van der Waals surface area contributed by atoms with Gasteiger partial charge in [0.2, 0.25) is 0 Å². The third kappa shape index (κ3) is 7.70. The van der Waals surface area contributed by atoms with Gasteiger partial charge in [-0.05, 0) is 6.42 Å². The third-order valence-corrected chi connectivity index (χ3v) is 4.51. The highest BCUT2D eigenvalue weighted by Crippen LogP contribution is 1.97. The van der Waals surface area contributed by atoms with E-state index in [0.717, 1.165) is 83.7 Å². The summed E-state index contributed by atoms with van der Waals surface area (Å²) in [5.74, 6) is 1.92. The SMILES string of the molecule is CCCCCN=C(NCCN1CCOCC1)NCCn1cnnc1CC. The van der Waals surface area contributed by atoms with Crippen LogP contribution in [0.5, 0.6) is 0 Å². The predicted molar refractivity (Wildman–Crippen MR) is 104 cm³/mol. The Morgan fingerprint density at radius 2 is 1.92 bits per heavy atom. The number of ether oxygens (including phenoxy) is 1. The van der Waals surface area contributed by atoms with Crippen molar-refractivity contribution in [3.05, 3.63) is 12.2 Å².